The molecule has 2 aromatic heterocycles. The number of nitrogens with zero attached hydrogens (tertiary/aromatic N) is 3. The van der Waals surface area contributed by atoms with Crippen molar-refractivity contribution >= 4 is 19.1 Å². The van der Waals surface area contributed by atoms with E-state index in [2.05, 4.69) is 25.7 Å². The Balaban J connectivity index is 1.76. The number of methoxy groups -OCH3 is 1. The molecular formula is C29H37N3O4Si. The Bertz CT molecular complexity index is 1350. The molecule has 0 aliphatic heterocycles. The summed E-state index contributed by atoms with van der Waals surface area (Å²) in [7, 11) is 0.459. The zero-order chi connectivity index (χ0) is 26.6. The summed E-state index contributed by atoms with van der Waals surface area (Å²) in [5.74, 6) is 0.734. The van der Waals surface area contributed by atoms with E-state index in [1.165, 1.54) is 0 Å². The van der Waals surface area contributed by atoms with Crippen molar-refractivity contribution in [2.75, 3.05) is 13.7 Å². The van der Waals surface area contributed by atoms with Crippen LogP contribution in [0.2, 0.25) is 25.7 Å². The van der Waals surface area contributed by atoms with Gasteiger partial charge < -0.3 is 19.7 Å². The molecule has 0 aliphatic rings. The van der Waals surface area contributed by atoms with Crippen LogP contribution in [0.3, 0.4) is 0 Å². The molecule has 2 unspecified atom stereocenters. The van der Waals surface area contributed by atoms with E-state index in [0.29, 0.717) is 25.3 Å². The first kappa shape index (κ1) is 27.0. The number of benzene rings is 2. The number of fused-ring (bicyclic) bond motifs is 1. The van der Waals surface area contributed by atoms with Gasteiger partial charge in [-0.1, -0.05) is 56.9 Å². The van der Waals surface area contributed by atoms with Gasteiger partial charge in [0, 0.05) is 37.4 Å². The molecule has 0 saturated heterocycles. The number of hydrogen-bond donors (Lipinski definition) is 2. The lowest BCUT2D eigenvalue weighted by molar-refractivity contribution is 0.0165. The number of aromatic nitrogens is 3. The molecule has 2 heterocycles. The van der Waals surface area contributed by atoms with Gasteiger partial charge in [-0.2, -0.15) is 5.10 Å². The Kier molecular flexibility index (Phi) is 8.44. The maximum absolute atomic E-state index is 10.5. The van der Waals surface area contributed by atoms with Crippen molar-refractivity contribution in [3.8, 4) is 28.1 Å². The van der Waals surface area contributed by atoms with Gasteiger partial charge in [-0.25, -0.2) is 9.67 Å². The van der Waals surface area contributed by atoms with Crippen LogP contribution in [0.4, 0.5) is 0 Å². The normalized spacial score (nSPS) is 13.6. The van der Waals surface area contributed by atoms with E-state index < -0.39 is 20.3 Å². The molecule has 196 valence electrons. The molecule has 7 nitrogen and oxygen atoms in total. The fourth-order valence-corrected chi connectivity index (χ4v) is 4.98. The molecule has 0 bridgehead atoms. The SMILES string of the molecule is CCC(O)C(O)c1cccc(-c2cnc3c(c2)c(-c2ccccc2OC)nn3COCC[Si](C)(C)C)c1. The Labute approximate surface area is 219 Å². The highest BCUT2D eigenvalue weighted by Crippen LogP contribution is 2.36. The van der Waals surface area contributed by atoms with Crippen molar-refractivity contribution in [2.45, 2.75) is 58.0 Å². The smallest absolute Gasteiger partial charge is 0.160 e. The van der Waals surface area contributed by atoms with Crippen LogP contribution < -0.4 is 4.74 Å². The van der Waals surface area contributed by atoms with Crippen molar-refractivity contribution in [1.29, 1.82) is 0 Å². The Morgan fingerprint density at radius 2 is 1.78 bits per heavy atom. The number of aliphatic hydroxyl groups excluding tert-OH is 2. The number of para-hydroxylation sites is 1. The van der Waals surface area contributed by atoms with Crippen molar-refractivity contribution < 1.29 is 19.7 Å². The summed E-state index contributed by atoms with van der Waals surface area (Å²) < 4.78 is 13.5. The summed E-state index contributed by atoms with van der Waals surface area (Å²) in [5.41, 5.74) is 4.85. The van der Waals surface area contributed by atoms with E-state index >= 15 is 0 Å². The molecule has 4 rings (SSSR count). The van der Waals surface area contributed by atoms with Crippen molar-refractivity contribution in [1.82, 2.24) is 14.8 Å². The van der Waals surface area contributed by atoms with Gasteiger partial charge in [-0.3, -0.25) is 0 Å². The van der Waals surface area contributed by atoms with Crippen LogP contribution in [0.5, 0.6) is 5.75 Å². The van der Waals surface area contributed by atoms with Gasteiger partial charge >= 0.3 is 0 Å². The molecule has 8 heteroatoms. The summed E-state index contributed by atoms with van der Waals surface area (Å²) in [6.45, 7) is 9.86. The average Bonchev–Trinajstić information content (AvgIpc) is 3.27. The van der Waals surface area contributed by atoms with E-state index in [1.807, 2.05) is 66.3 Å². The highest BCUT2D eigenvalue weighted by molar-refractivity contribution is 6.76. The quantitative estimate of drug-likeness (QED) is 0.190. The maximum Gasteiger partial charge on any atom is 0.160 e. The predicted molar refractivity (Wildman–Crippen MR) is 150 cm³/mol. The fraction of sp³-hybridized carbons (Fsp3) is 0.379. The highest BCUT2D eigenvalue weighted by Gasteiger charge is 2.20. The molecule has 2 aromatic carbocycles. The third-order valence-corrected chi connectivity index (χ3v) is 8.21. The molecule has 37 heavy (non-hydrogen) atoms. The second-order valence-electron chi connectivity index (χ2n) is 10.5. The van der Waals surface area contributed by atoms with Crippen molar-refractivity contribution in [3.63, 3.8) is 0 Å². The van der Waals surface area contributed by atoms with E-state index in [1.54, 1.807) is 7.11 Å². The van der Waals surface area contributed by atoms with Crippen LogP contribution in [0.25, 0.3) is 33.4 Å². The van der Waals surface area contributed by atoms with Gasteiger partial charge in [-0.05, 0) is 47.9 Å². The van der Waals surface area contributed by atoms with Gasteiger partial charge in [0.05, 0.1) is 13.2 Å². The van der Waals surface area contributed by atoms with Gasteiger partial charge in [0.2, 0.25) is 0 Å². The van der Waals surface area contributed by atoms with E-state index in [4.69, 9.17) is 19.6 Å². The molecule has 0 amide bonds. The Morgan fingerprint density at radius 3 is 2.51 bits per heavy atom. The topological polar surface area (TPSA) is 89.6 Å². The summed E-state index contributed by atoms with van der Waals surface area (Å²) in [4.78, 5) is 4.79. The van der Waals surface area contributed by atoms with Crippen LogP contribution >= 0.6 is 0 Å². The minimum absolute atomic E-state index is 0.319. The van der Waals surface area contributed by atoms with Crippen molar-refractivity contribution in [2.24, 2.45) is 0 Å². The van der Waals surface area contributed by atoms with E-state index in [-0.39, 0.29) is 0 Å². The maximum atomic E-state index is 10.5. The van der Waals surface area contributed by atoms with Crippen LogP contribution in [-0.4, -0.2) is 52.9 Å². The van der Waals surface area contributed by atoms with Gasteiger partial charge in [0.15, 0.2) is 5.65 Å². The third-order valence-electron chi connectivity index (χ3n) is 6.50. The number of ether oxygens (including phenoxy) is 2. The number of hydrogen-bond acceptors (Lipinski definition) is 6. The molecule has 0 radical (unpaired) electrons. The first-order chi connectivity index (χ1) is 17.7. The summed E-state index contributed by atoms with van der Waals surface area (Å²) >= 11 is 0. The van der Waals surface area contributed by atoms with Crippen LogP contribution in [0, 0.1) is 0 Å². The standard InChI is InChI=1S/C29H37N3O4Si/c1-6-25(33)28(34)21-11-9-10-20(16-21)22-17-24-27(23-12-7-8-13-26(23)35-2)31-32(29(24)30-18-22)19-36-14-15-37(3,4)5/h7-13,16-18,25,28,33-34H,6,14-15,19H2,1-5H3. The lowest BCUT2D eigenvalue weighted by atomic mass is 9.97. The van der Waals surface area contributed by atoms with Crippen LogP contribution in [0.15, 0.2) is 60.8 Å². The second kappa shape index (κ2) is 11.6. The van der Waals surface area contributed by atoms with Crippen LogP contribution in [-0.2, 0) is 11.5 Å². The lowest BCUT2D eigenvalue weighted by Crippen LogP contribution is -2.22. The second-order valence-corrected chi connectivity index (χ2v) is 16.2. The monoisotopic (exact) mass is 519 g/mol. The first-order valence-corrected chi connectivity index (χ1v) is 16.5. The number of aliphatic hydroxyl groups is 2. The molecular weight excluding hydrogens is 482 g/mol. The minimum atomic E-state index is -1.20. The van der Waals surface area contributed by atoms with Gasteiger partial charge in [0.1, 0.15) is 24.3 Å². The molecule has 0 fully saturated rings. The minimum Gasteiger partial charge on any atom is -0.496 e. The summed E-state index contributed by atoms with van der Waals surface area (Å²) in [6, 6.07) is 18.6. The molecule has 2 atom stereocenters. The molecule has 0 spiro atoms. The first-order valence-electron chi connectivity index (χ1n) is 12.8. The third kappa shape index (κ3) is 6.27. The number of rotatable bonds is 11. The van der Waals surface area contributed by atoms with Crippen molar-refractivity contribution in [3.05, 3.63) is 66.4 Å². The molecule has 2 N–H and O–H groups in total. The van der Waals surface area contributed by atoms with E-state index in [0.717, 1.165) is 45.2 Å². The summed E-state index contributed by atoms with van der Waals surface area (Å²) in [5, 5.41) is 26.5. The number of pyridine rings is 1. The Hall–Kier alpha value is -3.04. The lowest BCUT2D eigenvalue weighted by Gasteiger charge is -2.17. The highest BCUT2D eigenvalue weighted by atomic mass is 28.3. The summed E-state index contributed by atoms with van der Waals surface area (Å²) in [6.07, 6.45) is 0.533. The van der Waals surface area contributed by atoms with Gasteiger partial charge in [0.25, 0.3) is 0 Å². The molecule has 0 aliphatic carbocycles. The Morgan fingerprint density at radius 1 is 1.00 bits per heavy atom. The predicted octanol–water partition coefficient (Wildman–Crippen LogP) is 5.89. The zero-order valence-electron chi connectivity index (χ0n) is 22.3. The van der Waals surface area contributed by atoms with E-state index in [9.17, 15) is 10.2 Å². The van der Waals surface area contributed by atoms with Crippen LogP contribution in [0.1, 0.15) is 25.0 Å². The average molecular weight is 520 g/mol. The molecule has 0 saturated carbocycles. The fourth-order valence-electron chi connectivity index (χ4n) is 4.22. The zero-order valence-corrected chi connectivity index (χ0v) is 23.3. The molecule has 4 aromatic rings. The van der Waals surface area contributed by atoms with Gasteiger partial charge in [-0.15, -0.1) is 0 Å². The largest absolute Gasteiger partial charge is 0.496 e.